The number of aliphatic hydroxyl groups is 1. The van der Waals surface area contributed by atoms with Gasteiger partial charge in [0.05, 0.1) is 6.10 Å². The van der Waals surface area contributed by atoms with Crippen LogP contribution in [0.25, 0.3) is 0 Å². The van der Waals surface area contributed by atoms with Crippen LogP contribution in [-0.2, 0) is 12.8 Å². The van der Waals surface area contributed by atoms with E-state index in [-0.39, 0.29) is 0 Å². The van der Waals surface area contributed by atoms with Gasteiger partial charge in [-0.1, -0.05) is 31.2 Å². The highest BCUT2D eigenvalue weighted by Gasteiger charge is 2.10. The normalized spacial score (nSPS) is 12.4. The molecular weight excluding hydrogens is 234 g/mol. The first-order valence-corrected chi connectivity index (χ1v) is 6.79. The van der Waals surface area contributed by atoms with E-state index in [1.807, 2.05) is 26.0 Å². The molecule has 0 saturated heterocycles. The Morgan fingerprint density at radius 2 is 1.53 bits per heavy atom. The van der Waals surface area contributed by atoms with E-state index >= 15 is 0 Å². The van der Waals surface area contributed by atoms with Crippen molar-refractivity contribution in [3.63, 3.8) is 0 Å². The standard InChI is InChI=1S/C17H21NO/c1-4-14-5-7-15(8-6-14)11-17(19)16-9-12(2)18-13(3)10-16/h5-10,17,19H,4,11H2,1-3H3. The fourth-order valence-electron chi connectivity index (χ4n) is 2.31. The van der Waals surface area contributed by atoms with Crippen LogP contribution in [0.3, 0.4) is 0 Å². The van der Waals surface area contributed by atoms with Gasteiger partial charge in [-0.2, -0.15) is 0 Å². The van der Waals surface area contributed by atoms with Gasteiger partial charge in [0.2, 0.25) is 0 Å². The molecule has 100 valence electrons. The minimum atomic E-state index is -0.465. The van der Waals surface area contributed by atoms with Crippen molar-refractivity contribution in [1.29, 1.82) is 0 Å². The van der Waals surface area contributed by atoms with Crippen LogP contribution in [0.2, 0.25) is 0 Å². The topological polar surface area (TPSA) is 33.1 Å². The van der Waals surface area contributed by atoms with Gasteiger partial charge in [-0.25, -0.2) is 0 Å². The monoisotopic (exact) mass is 255 g/mol. The average molecular weight is 255 g/mol. The van der Waals surface area contributed by atoms with Crippen LogP contribution < -0.4 is 0 Å². The first-order valence-electron chi connectivity index (χ1n) is 6.79. The van der Waals surface area contributed by atoms with Crippen molar-refractivity contribution in [3.05, 3.63) is 64.5 Å². The summed E-state index contributed by atoms with van der Waals surface area (Å²) in [4.78, 5) is 4.34. The van der Waals surface area contributed by atoms with Crippen molar-refractivity contribution in [2.45, 2.75) is 39.7 Å². The van der Waals surface area contributed by atoms with Gasteiger partial charge in [0.1, 0.15) is 0 Å². The lowest BCUT2D eigenvalue weighted by Crippen LogP contribution is -2.03. The Balaban J connectivity index is 2.13. The summed E-state index contributed by atoms with van der Waals surface area (Å²) in [6, 6.07) is 12.4. The molecule has 0 amide bonds. The fourth-order valence-corrected chi connectivity index (χ4v) is 2.31. The van der Waals surface area contributed by atoms with Crippen LogP contribution in [0.5, 0.6) is 0 Å². The van der Waals surface area contributed by atoms with Gasteiger partial charge in [-0.05, 0) is 49.1 Å². The Morgan fingerprint density at radius 1 is 1.00 bits per heavy atom. The number of hydrogen-bond donors (Lipinski definition) is 1. The SMILES string of the molecule is CCc1ccc(CC(O)c2cc(C)nc(C)c2)cc1. The number of aromatic nitrogens is 1. The van der Waals surface area contributed by atoms with Gasteiger partial charge in [-0.15, -0.1) is 0 Å². The molecule has 2 aromatic rings. The zero-order valence-corrected chi connectivity index (χ0v) is 11.9. The molecule has 1 aromatic carbocycles. The maximum atomic E-state index is 10.3. The molecule has 0 aliphatic rings. The van der Waals surface area contributed by atoms with E-state index in [1.165, 1.54) is 5.56 Å². The van der Waals surface area contributed by atoms with Crippen LogP contribution in [0.4, 0.5) is 0 Å². The van der Waals surface area contributed by atoms with Crippen LogP contribution in [0.1, 0.15) is 41.1 Å². The third-order valence-corrected chi connectivity index (χ3v) is 3.35. The molecule has 0 spiro atoms. The summed E-state index contributed by atoms with van der Waals surface area (Å²) in [5, 5.41) is 10.3. The first kappa shape index (κ1) is 13.8. The van der Waals surface area contributed by atoms with Crippen LogP contribution in [-0.4, -0.2) is 10.1 Å². The van der Waals surface area contributed by atoms with Crippen LogP contribution in [0, 0.1) is 13.8 Å². The van der Waals surface area contributed by atoms with Gasteiger partial charge >= 0.3 is 0 Å². The van der Waals surface area contributed by atoms with E-state index in [0.29, 0.717) is 6.42 Å². The molecule has 0 fully saturated rings. The molecule has 1 unspecified atom stereocenters. The van der Waals surface area contributed by atoms with Crippen LogP contribution in [0.15, 0.2) is 36.4 Å². The smallest absolute Gasteiger partial charge is 0.0831 e. The lowest BCUT2D eigenvalue weighted by molar-refractivity contribution is 0.178. The fraction of sp³-hybridized carbons (Fsp3) is 0.353. The molecule has 0 saturated carbocycles. The van der Waals surface area contributed by atoms with Gasteiger partial charge in [0.25, 0.3) is 0 Å². The highest BCUT2D eigenvalue weighted by molar-refractivity contribution is 5.27. The van der Waals surface area contributed by atoms with Gasteiger partial charge < -0.3 is 5.11 Å². The van der Waals surface area contributed by atoms with Crippen LogP contribution >= 0.6 is 0 Å². The maximum absolute atomic E-state index is 10.3. The second-order valence-corrected chi connectivity index (χ2v) is 5.07. The van der Waals surface area contributed by atoms with Crippen molar-refractivity contribution in [1.82, 2.24) is 4.98 Å². The molecular formula is C17H21NO. The minimum Gasteiger partial charge on any atom is -0.388 e. The highest BCUT2D eigenvalue weighted by Crippen LogP contribution is 2.20. The largest absolute Gasteiger partial charge is 0.388 e. The predicted molar refractivity (Wildman–Crippen MR) is 78.2 cm³/mol. The van der Waals surface area contributed by atoms with E-state index in [0.717, 1.165) is 28.9 Å². The molecule has 1 atom stereocenters. The van der Waals surface area contributed by atoms with Gasteiger partial charge in [0.15, 0.2) is 0 Å². The number of aliphatic hydroxyl groups excluding tert-OH is 1. The maximum Gasteiger partial charge on any atom is 0.0831 e. The second kappa shape index (κ2) is 5.98. The molecule has 1 heterocycles. The Morgan fingerprint density at radius 3 is 2.05 bits per heavy atom. The van der Waals surface area contributed by atoms with Crippen molar-refractivity contribution in [2.75, 3.05) is 0 Å². The Labute approximate surface area is 115 Å². The van der Waals surface area contributed by atoms with E-state index in [1.54, 1.807) is 0 Å². The summed E-state index contributed by atoms with van der Waals surface area (Å²) in [5.74, 6) is 0. The first-order chi connectivity index (χ1) is 9.08. The summed E-state index contributed by atoms with van der Waals surface area (Å²) in [6.45, 7) is 6.06. The number of pyridine rings is 1. The Bertz CT molecular complexity index is 525. The number of aryl methyl sites for hydroxylation is 3. The third-order valence-electron chi connectivity index (χ3n) is 3.35. The lowest BCUT2D eigenvalue weighted by atomic mass is 10.00. The predicted octanol–water partition coefficient (Wildman–Crippen LogP) is 3.54. The molecule has 2 rings (SSSR count). The lowest BCUT2D eigenvalue weighted by Gasteiger charge is -2.13. The number of rotatable bonds is 4. The zero-order chi connectivity index (χ0) is 13.8. The van der Waals surface area contributed by atoms with Crippen molar-refractivity contribution in [2.24, 2.45) is 0 Å². The zero-order valence-electron chi connectivity index (χ0n) is 11.9. The number of hydrogen-bond acceptors (Lipinski definition) is 2. The summed E-state index contributed by atoms with van der Waals surface area (Å²) in [7, 11) is 0. The van der Waals surface area contributed by atoms with E-state index in [4.69, 9.17) is 0 Å². The molecule has 1 aromatic heterocycles. The summed E-state index contributed by atoms with van der Waals surface area (Å²) < 4.78 is 0. The summed E-state index contributed by atoms with van der Waals surface area (Å²) >= 11 is 0. The van der Waals surface area contributed by atoms with E-state index in [2.05, 4.69) is 36.2 Å². The average Bonchev–Trinajstić information content (AvgIpc) is 2.38. The quantitative estimate of drug-likeness (QED) is 0.906. The van der Waals surface area contributed by atoms with Crippen molar-refractivity contribution < 1.29 is 5.11 Å². The van der Waals surface area contributed by atoms with Gasteiger partial charge in [-0.3, -0.25) is 4.98 Å². The van der Waals surface area contributed by atoms with Crippen molar-refractivity contribution >= 4 is 0 Å². The molecule has 2 nitrogen and oxygen atoms in total. The Kier molecular flexibility index (Phi) is 4.33. The molecule has 0 aliphatic carbocycles. The van der Waals surface area contributed by atoms with E-state index in [9.17, 15) is 5.11 Å². The summed E-state index contributed by atoms with van der Waals surface area (Å²) in [6.07, 6.45) is 1.23. The molecule has 0 bridgehead atoms. The highest BCUT2D eigenvalue weighted by atomic mass is 16.3. The molecule has 0 aliphatic heterocycles. The molecule has 1 N–H and O–H groups in total. The molecule has 2 heteroatoms. The molecule has 0 radical (unpaired) electrons. The Hall–Kier alpha value is -1.67. The number of benzene rings is 1. The minimum absolute atomic E-state index is 0.465. The van der Waals surface area contributed by atoms with Crippen molar-refractivity contribution in [3.8, 4) is 0 Å². The third kappa shape index (κ3) is 3.65. The number of nitrogens with zero attached hydrogens (tertiary/aromatic N) is 1. The van der Waals surface area contributed by atoms with E-state index < -0.39 is 6.10 Å². The van der Waals surface area contributed by atoms with Gasteiger partial charge in [0, 0.05) is 17.8 Å². The molecule has 19 heavy (non-hydrogen) atoms. The summed E-state index contributed by atoms with van der Waals surface area (Å²) in [5.41, 5.74) is 5.35. The second-order valence-electron chi connectivity index (χ2n) is 5.07.